The molecule has 0 radical (unpaired) electrons. The quantitative estimate of drug-likeness (QED) is 0.392. The van der Waals surface area contributed by atoms with Gasteiger partial charge in [-0.1, -0.05) is 13.8 Å². The molecule has 8 heavy (non-hydrogen) atoms. The first-order valence-corrected chi connectivity index (χ1v) is 2.75. The standard InChI is InChI=1S/C6H12N2/c1-6(2)4-5-8-7-3/h5-6H,3-4H2,1-2H3/b8-5-. The van der Waals surface area contributed by atoms with Gasteiger partial charge >= 0.3 is 0 Å². The number of rotatable bonds is 3. The molecular weight excluding hydrogens is 100 g/mol. The van der Waals surface area contributed by atoms with Crippen molar-refractivity contribution >= 4 is 12.9 Å². The molecule has 0 aliphatic heterocycles. The molecule has 0 atom stereocenters. The minimum atomic E-state index is 0.667. The van der Waals surface area contributed by atoms with Crippen molar-refractivity contribution in [2.45, 2.75) is 20.3 Å². The molecule has 0 N–H and O–H groups in total. The van der Waals surface area contributed by atoms with Gasteiger partial charge in [0.1, 0.15) is 0 Å². The van der Waals surface area contributed by atoms with Crippen LogP contribution in [-0.2, 0) is 0 Å². The van der Waals surface area contributed by atoms with Crippen LogP contribution in [0.25, 0.3) is 0 Å². The molecule has 0 saturated carbocycles. The fourth-order valence-electron chi connectivity index (χ4n) is 0.316. The summed E-state index contributed by atoms with van der Waals surface area (Å²) in [4.78, 5) is 0. The normalized spacial score (nSPS) is 10.9. The summed E-state index contributed by atoms with van der Waals surface area (Å²) in [6, 6.07) is 0. The lowest BCUT2D eigenvalue weighted by Crippen LogP contribution is -1.85. The molecule has 0 bridgehead atoms. The van der Waals surface area contributed by atoms with Crippen LogP contribution in [0.3, 0.4) is 0 Å². The topological polar surface area (TPSA) is 24.7 Å². The number of hydrogen-bond acceptors (Lipinski definition) is 2. The fourth-order valence-corrected chi connectivity index (χ4v) is 0.316. The van der Waals surface area contributed by atoms with E-state index in [0.29, 0.717) is 5.92 Å². The predicted octanol–water partition coefficient (Wildman–Crippen LogP) is 1.72. The molecule has 0 unspecified atom stereocenters. The molecule has 0 aliphatic carbocycles. The van der Waals surface area contributed by atoms with E-state index in [4.69, 9.17) is 0 Å². The predicted molar refractivity (Wildman–Crippen MR) is 37.5 cm³/mol. The van der Waals surface area contributed by atoms with Gasteiger partial charge in [0.2, 0.25) is 0 Å². The smallest absolute Gasteiger partial charge is 0.0272 e. The third kappa shape index (κ3) is 5.34. The van der Waals surface area contributed by atoms with E-state index in [1.54, 1.807) is 6.21 Å². The van der Waals surface area contributed by atoms with Crippen molar-refractivity contribution in [2.75, 3.05) is 0 Å². The van der Waals surface area contributed by atoms with Gasteiger partial charge in [-0.05, 0) is 12.3 Å². The van der Waals surface area contributed by atoms with Crippen LogP contribution in [-0.4, -0.2) is 12.9 Å². The Hall–Kier alpha value is -0.660. The maximum absolute atomic E-state index is 3.60. The second-order valence-corrected chi connectivity index (χ2v) is 2.07. The highest BCUT2D eigenvalue weighted by molar-refractivity contribution is 5.57. The Kier molecular flexibility index (Phi) is 4.13. The maximum atomic E-state index is 3.60. The van der Waals surface area contributed by atoms with Crippen molar-refractivity contribution in [3.05, 3.63) is 0 Å². The van der Waals surface area contributed by atoms with Crippen LogP contribution in [0.15, 0.2) is 10.2 Å². The lowest BCUT2D eigenvalue weighted by atomic mass is 10.2. The SMILES string of the molecule is C=N/N=C\CC(C)C. The highest BCUT2D eigenvalue weighted by Crippen LogP contribution is 1.94. The van der Waals surface area contributed by atoms with Gasteiger partial charge in [0.25, 0.3) is 0 Å². The summed E-state index contributed by atoms with van der Waals surface area (Å²) < 4.78 is 0. The van der Waals surface area contributed by atoms with E-state index in [1.165, 1.54) is 0 Å². The fraction of sp³-hybridized carbons (Fsp3) is 0.667. The minimum Gasteiger partial charge on any atom is -0.167 e. The molecule has 2 nitrogen and oxygen atoms in total. The zero-order chi connectivity index (χ0) is 6.41. The Labute approximate surface area is 50.3 Å². The first-order chi connectivity index (χ1) is 3.77. The number of hydrogen-bond donors (Lipinski definition) is 0. The maximum Gasteiger partial charge on any atom is 0.0272 e. The summed E-state index contributed by atoms with van der Waals surface area (Å²) in [7, 11) is 0. The zero-order valence-corrected chi connectivity index (χ0v) is 5.46. The summed E-state index contributed by atoms with van der Waals surface area (Å²) in [5.74, 6) is 0.667. The summed E-state index contributed by atoms with van der Waals surface area (Å²) >= 11 is 0. The third-order valence-corrected chi connectivity index (χ3v) is 0.740. The Morgan fingerprint density at radius 1 is 1.62 bits per heavy atom. The molecule has 2 heteroatoms. The van der Waals surface area contributed by atoms with Gasteiger partial charge in [-0.2, -0.15) is 10.2 Å². The third-order valence-electron chi connectivity index (χ3n) is 0.740. The van der Waals surface area contributed by atoms with E-state index >= 15 is 0 Å². The van der Waals surface area contributed by atoms with Gasteiger partial charge in [-0.25, -0.2) is 0 Å². The van der Waals surface area contributed by atoms with Gasteiger partial charge < -0.3 is 0 Å². The minimum absolute atomic E-state index is 0.667. The highest BCUT2D eigenvalue weighted by atomic mass is 15.2. The van der Waals surface area contributed by atoms with Gasteiger partial charge in [-0.3, -0.25) is 0 Å². The Bertz CT molecular complexity index is 84.5. The molecule has 0 fully saturated rings. The molecule has 0 aromatic carbocycles. The van der Waals surface area contributed by atoms with Gasteiger partial charge in [0.05, 0.1) is 0 Å². The Morgan fingerprint density at radius 3 is 2.62 bits per heavy atom. The van der Waals surface area contributed by atoms with Crippen molar-refractivity contribution in [3.63, 3.8) is 0 Å². The van der Waals surface area contributed by atoms with Crippen LogP contribution in [0.4, 0.5) is 0 Å². The monoisotopic (exact) mass is 112 g/mol. The summed E-state index contributed by atoms with van der Waals surface area (Å²) in [6.07, 6.45) is 2.76. The molecular formula is C6H12N2. The van der Waals surface area contributed by atoms with Crippen LogP contribution in [0.2, 0.25) is 0 Å². The van der Waals surface area contributed by atoms with Crippen LogP contribution in [0.5, 0.6) is 0 Å². The molecule has 46 valence electrons. The second kappa shape index (κ2) is 4.50. The molecule has 0 amide bonds. The van der Waals surface area contributed by atoms with Gasteiger partial charge in [0.15, 0.2) is 0 Å². The van der Waals surface area contributed by atoms with Crippen molar-refractivity contribution < 1.29 is 0 Å². The zero-order valence-electron chi connectivity index (χ0n) is 5.46. The average Bonchev–Trinajstić information content (AvgIpc) is 1.66. The highest BCUT2D eigenvalue weighted by Gasteiger charge is 1.85. The van der Waals surface area contributed by atoms with E-state index in [-0.39, 0.29) is 0 Å². The molecule has 0 aromatic heterocycles. The lowest BCUT2D eigenvalue weighted by Gasteiger charge is -1.92. The summed E-state index contributed by atoms with van der Waals surface area (Å²) in [6.45, 7) is 7.48. The molecule has 0 aliphatic rings. The number of nitrogens with zero attached hydrogens (tertiary/aromatic N) is 2. The molecule has 0 heterocycles. The van der Waals surface area contributed by atoms with Crippen LogP contribution in [0, 0.1) is 5.92 Å². The van der Waals surface area contributed by atoms with Crippen molar-refractivity contribution in [2.24, 2.45) is 16.1 Å². The van der Waals surface area contributed by atoms with Crippen LogP contribution >= 0.6 is 0 Å². The average molecular weight is 112 g/mol. The van der Waals surface area contributed by atoms with Crippen molar-refractivity contribution in [1.29, 1.82) is 0 Å². The Morgan fingerprint density at radius 2 is 2.25 bits per heavy atom. The van der Waals surface area contributed by atoms with Gasteiger partial charge in [0, 0.05) is 12.9 Å². The lowest BCUT2D eigenvalue weighted by molar-refractivity contribution is 0.689. The summed E-state index contributed by atoms with van der Waals surface area (Å²) in [5, 5.41) is 6.93. The van der Waals surface area contributed by atoms with Crippen molar-refractivity contribution in [3.8, 4) is 0 Å². The van der Waals surface area contributed by atoms with E-state index in [0.717, 1.165) is 6.42 Å². The second-order valence-electron chi connectivity index (χ2n) is 2.07. The van der Waals surface area contributed by atoms with Crippen LogP contribution in [0.1, 0.15) is 20.3 Å². The van der Waals surface area contributed by atoms with E-state index < -0.39 is 0 Å². The van der Waals surface area contributed by atoms with E-state index in [2.05, 4.69) is 30.8 Å². The largest absolute Gasteiger partial charge is 0.167 e. The summed E-state index contributed by atoms with van der Waals surface area (Å²) in [5.41, 5.74) is 0. The molecule has 0 rings (SSSR count). The van der Waals surface area contributed by atoms with Crippen molar-refractivity contribution in [1.82, 2.24) is 0 Å². The first kappa shape index (κ1) is 7.34. The van der Waals surface area contributed by atoms with Gasteiger partial charge in [-0.15, -0.1) is 0 Å². The Balaban J connectivity index is 3.15. The van der Waals surface area contributed by atoms with Crippen LogP contribution < -0.4 is 0 Å². The van der Waals surface area contributed by atoms with E-state index in [1.807, 2.05) is 0 Å². The van der Waals surface area contributed by atoms with E-state index in [9.17, 15) is 0 Å². The molecule has 0 aromatic rings. The first-order valence-electron chi connectivity index (χ1n) is 2.75. The molecule has 0 saturated heterocycles. The molecule has 0 spiro atoms.